The minimum atomic E-state index is -0.641. The van der Waals surface area contributed by atoms with Gasteiger partial charge in [-0.1, -0.05) is 18.2 Å². The number of carbonyl (C=O) groups is 2. The van der Waals surface area contributed by atoms with Gasteiger partial charge in [-0.15, -0.1) is 11.3 Å². The highest BCUT2D eigenvalue weighted by atomic mass is 32.1. The first-order valence-corrected chi connectivity index (χ1v) is 8.86. The number of Topliss-reactive ketones (excluding diaryl/α,β-unsaturated/α-hetero) is 1. The summed E-state index contributed by atoms with van der Waals surface area (Å²) in [6, 6.07) is 7.74. The summed E-state index contributed by atoms with van der Waals surface area (Å²) in [5.41, 5.74) is 2.34. The third-order valence-electron chi connectivity index (χ3n) is 4.00. The number of esters is 1. The highest BCUT2D eigenvalue weighted by molar-refractivity contribution is 7.12. The summed E-state index contributed by atoms with van der Waals surface area (Å²) < 4.78 is 20.5. The standard InChI is InChI=1S/C19H17FN2O3S/c1-12-9-15(13(2)22(12)19-21-7-8-26-19)17(23)11-25-18(24)10-14-5-3-4-6-16(14)20/h3-9H,10-11H2,1-2H3. The Morgan fingerprint density at radius 3 is 2.73 bits per heavy atom. The molecule has 1 aromatic carbocycles. The monoisotopic (exact) mass is 372 g/mol. The predicted octanol–water partition coefficient (Wildman–Crippen LogP) is 3.66. The van der Waals surface area contributed by atoms with Gasteiger partial charge in [-0.2, -0.15) is 0 Å². The number of aryl methyl sites for hydroxylation is 1. The molecule has 2 heterocycles. The van der Waals surface area contributed by atoms with Crippen molar-refractivity contribution in [2.45, 2.75) is 20.3 Å². The van der Waals surface area contributed by atoms with Crippen LogP contribution in [0, 0.1) is 19.7 Å². The van der Waals surface area contributed by atoms with Gasteiger partial charge >= 0.3 is 5.97 Å². The molecule has 0 fully saturated rings. The Labute approximate surface area is 154 Å². The molecule has 0 atom stereocenters. The SMILES string of the molecule is Cc1cc(C(=O)COC(=O)Cc2ccccc2F)c(C)n1-c1nccs1. The van der Waals surface area contributed by atoms with Gasteiger partial charge in [-0.05, 0) is 31.5 Å². The van der Waals surface area contributed by atoms with E-state index >= 15 is 0 Å². The van der Waals surface area contributed by atoms with Crippen molar-refractivity contribution >= 4 is 23.1 Å². The van der Waals surface area contributed by atoms with E-state index in [2.05, 4.69) is 4.98 Å². The van der Waals surface area contributed by atoms with Crippen LogP contribution in [0.3, 0.4) is 0 Å². The topological polar surface area (TPSA) is 61.2 Å². The second-order valence-corrected chi connectivity index (χ2v) is 6.66. The largest absolute Gasteiger partial charge is 0.457 e. The van der Waals surface area contributed by atoms with E-state index in [4.69, 9.17) is 4.74 Å². The molecule has 7 heteroatoms. The number of aromatic nitrogens is 2. The van der Waals surface area contributed by atoms with E-state index in [1.54, 1.807) is 24.4 Å². The Bertz CT molecular complexity index is 948. The van der Waals surface area contributed by atoms with Crippen molar-refractivity contribution in [3.05, 3.63) is 70.2 Å². The molecule has 3 aromatic rings. The average molecular weight is 372 g/mol. The van der Waals surface area contributed by atoms with Gasteiger partial charge in [0.25, 0.3) is 0 Å². The van der Waals surface area contributed by atoms with Crippen molar-refractivity contribution in [3.63, 3.8) is 0 Å². The van der Waals surface area contributed by atoms with E-state index in [0.29, 0.717) is 5.56 Å². The fourth-order valence-electron chi connectivity index (χ4n) is 2.74. The highest BCUT2D eigenvalue weighted by Gasteiger charge is 2.19. The van der Waals surface area contributed by atoms with Gasteiger partial charge in [0.1, 0.15) is 5.82 Å². The zero-order chi connectivity index (χ0) is 18.7. The second-order valence-electron chi connectivity index (χ2n) is 5.79. The maximum absolute atomic E-state index is 13.6. The van der Waals surface area contributed by atoms with Gasteiger partial charge in [0.15, 0.2) is 11.7 Å². The second kappa shape index (κ2) is 7.61. The fourth-order valence-corrected chi connectivity index (χ4v) is 3.49. The van der Waals surface area contributed by atoms with E-state index in [1.165, 1.54) is 23.5 Å². The van der Waals surface area contributed by atoms with E-state index in [0.717, 1.165) is 16.5 Å². The van der Waals surface area contributed by atoms with Crippen molar-refractivity contribution in [1.29, 1.82) is 0 Å². The highest BCUT2D eigenvalue weighted by Crippen LogP contribution is 2.22. The molecule has 5 nitrogen and oxygen atoms in total. The van der Waals surface area contributed by atoms with Crippen LogP contribution in [0.4, 0.5) is 4.39 Å². The van der Waals surface area contributed by atoms with Crippen molar-refractivity contribution in [2.75, 3.05) is 6.61 Å². The molecule has 0 aliphatic carbocycles. The molecule has 0 aliphatic heterocycles. The van der Waals surface area contributed by atoms with Crippen LogP contribution in [0.15, 0.2) is 41.9 Å². The van der Waals surface area contributed by atoms with Gasteiger partial charge in [0.2, 0.25) is 5.78 Å². The van der Waals surface area contributed by atoms with Crippen LogP contribution in [-0.4, -0.2) is 27.9 Å². The van der Waals surface area contributed by atoms with Crippen LogP contribution in [0.1, 0.15) is 27.3 Å². The summed E-state index contributed by atoms with van der Waals surface area (Å²) in [6.45, 7) is 3.33. The lowest BCUT2D eigenvalue weighted by molar-refractivity contribution is -0.141. The third-order valence-corrected chi connectivity index (χ3v) is 4.76. The summed E-state index contributed by atoms with van der Waals surface area (Å²) in [5.74, 6) is -1.41. The number of halogens is 1. The van der Waals surface area contributed by atoms with Crippen molar-refractivity contribution < 1.29 is 18.7 Å². The first-order chi connectivity index (χ1) is 12.5. The Hall–Kier alpha value is -2.80. The third kappa shape index (κ3) is 3.72. The van der Waals surface area contributed by atoms with Crippen molar-refractivity contribution in [1.82, 2.24) is 9.55 Å². The number of hydrogen-bond acceptors (Lipinski definition) is 5. The molecule has 0 saturated carbocycles. The fraction of sp³-hybridized carbons (Fsp3) is 0.211. The maximum Gasteiger partial charge on any atom is 0.310 e. The number of ether oxygens (including phenoxy) is 1. The molecule has 0 bridgehead atoms. The molecule has 0 aliphatic rings. The van der Waals surface area contributed by atoms with Crippen molar-refractivity contribution in [2.24, 2.45) is 0 Å². The first-order valence-electron chi connectivity index (χ1n) is 7.98. The molecule has 134 valence electrons. The van der Waals surface area contributed by atoms with Crippen LogP contribution in [0.25, 0.3) is 5.13 Å². The van der Waals surface area contributed by atoms with Gasteiger partial charge in [0, 0.05) is 28.5 Å². The zero-order valence-electron chi connectivity index (χ0n) is 14.4. The number of hydrogen-bond donors (Lipinski definition) is 0. The lowest BCUT2D eigenvalue weighted by Gasteiger charge is -2.07. The molecule has 0 unspecified atom stereocenters. The molecular formula is C19H17FN2O3S. The van der Waals surface area contributed by atoms with E-state index in [-0.39, 0.29) is 24.4 Å². The molecule has 2 aromatic heterocycles. The summed E-state index contributed by atoms with van der Waals surface area (Å²) >= 11 is 1.47. The van der Waals surface area contributed by atoms with E-state index in [1.807, 2.05) is 23.8 Å². The number of thiazole rings is 1. The molecule has 3 rings (SSSR count). The normalized spacial score (nSPS) is 10.7. The summed E-state index contributed by atoms with van der Waals surface area (Å²) in [7, 11) is 0. The van der Waals surface area contributed by atoms with Gasteiger partial charge < -0.3 is 4.74 Å². The summed E-state index contributed by atoms with van der Waals surface area (Å²) in [4.78, 5) is 28.6. The molecule has 0 N–H and O–H groups in total. The molecular weight excluding hydrogens is 355 g/mol. The van der Waals surface area contributed by atoms with Crippen molar-refractivity contribution in [3.8, 4) is 5.13 Å². The minimum Gasteiger partial charge on any atom is -0.457 e. The lowest BCUT2D eigenvalue weighted by Crippen LogP contribution is -2.16. The van der Waals surface area contributed by atoms with Gasteiger partial charge in [0.05, 0.1) is 6.42 Å². The zero-order valence-corrected chi connectivity index (χ0v) is 15.2. The van der Waals surface area contributed by atoms with Crippen LogP contribution < -0.4 is 0 Å². The van der Waals surface area contributed by atoms with Crippen LogP contribution in [0.5, 0.6) is 0 Å². The number of carbonyl (C=O) groups excluding carboxylic acids is 2. The quantitative estimate of drug-likeness (QED) is 0.489. The summed E-state index contributed by atoms with van der Waals surface area (Å²) in [5, 5.41) is 2.64. The maximum atomic E-state index is 13.6. The number of nitrogens with zero attached hydrogens (tertiary/aromatic N) is 2. The van der Waals surface area contributed by atoms with Crippen LogP contribution >= 0.6 is 11.3 Å². The molecule has 0 spiro atoms. The summed E-state index contributed by atoms with van der Waals surface area (Å²) in [6.07, 6.45) is 1.49. The Kier molecular flexibility index (Phi) is 5.27. The smallest absolute Gasteiger partial charge is 0.310 e. The molecule has 26 heavy (non-hydrogen) atoms. The molecule has 0 saturated heterocycles. The Morgan fingerprint density at radius 2 is 2.04 bits per heavy atom. The first kappa shape index (κ1) is 18.0. The average Bonchev–Trinajstić information content (AvgIpc) is 3.22. The van der Waals surface area contributed by atoms with E-state index in [9.17, 15) is 14.0 Å². The van der Waals surface area contributed by atoms with Crippen LogP contribution in [-0.2, 0) is 16.0 Å². The van der Waals surface area contributed by atoms with E-state index < -0.39 is 11.8 Å². The Balaban J connectivity index is 1.67. The van der Waals surface area contributed by atoms with Gasteiger partial charge in [-0.3, -0.25) is 14.2 Å². The number of ketones is 1. The molecule has 0 amide bonds. The Morgan fingerprint density at radius 1 is 1.27 bits per heavy atom. The minimum absolute atomic E-state index is 0.210. The van der Waals surface area contributed by atoms with Gasteiger partial charge in [-0.25, -0.2) is 9.37 Å². The number of benzene rings is 1. The lowest BCUT2D eigenvalue weighted by atomic mass is 10.1. The molecule has 0 radical (unpaired) electrons. The number of rotatable bonds is 6. The predicted molar refractivity (Wildman–Crippen MR) is 96.3 cm³/mol. The van der Waals surface area contributed by atoms with Crippen LogP contribution in [0.2, 0.25) is 0 Å².